The van der Waals surface area contributed by atoms with E-state index in [-0.39, 0.29) is 29.2 Å². The van der Waals surface area contributed by atoms with Gasteiger partial charge in [-0.15, -0.1) is 0 Å². The molecule has 32 heavy (non-hydrogen) atoms. The Morgan fingerprint density at radius 1 is 1.09 bits per heavy atom. The number of ether oxygens (including phenoxy) is 1. The molecule has 0 radical (unpaired) electrons. The molecule has 0 bridgehead atoms. The number of alkyl halides is 6. The van der Waals surface area contributed by atoms with E-state index in [1.165, 1.54) is 12.1 Å². The molecule has 1 aromatic carbocycles. The average Bonchev–Trinajstić information content (AvgIpc) is 2.65. The summed E-state index contributed by atoms with van der Waals surface area (Å²) >= 11 is 16.8. The third-order valence-electron chi connectivity index (χ3n) is 4.62. The zero-order valence-electron chi connectivity index (χ0n) is 17.8. The SMILES string of the molecule is CC(C)c1nc(-c2cccc(C(F)(F)F)c2)c(F)c(C(C)C)c1CC(=O)OCC(Cl)(Cl)Cl. The van der Waals surface area contributed by atoms with Gasteiger partial charge in [-0.25, -0.2) is 9.37 Å². The van der Waals surface area contributed by atoms with Crippen molar-refractivity contribution in [3.8, 4) is 11.3 Å². The van der Waals surface area contributed by atoms with E-state index < -0.39 is 39.8 Å². The van der Waals surface area contributed by atoms with Gasteiger partial charge in [0.15, 0.2) is 5.82 Å². The first-order valence-corrected chi connectivity index (χ1v) is 10.9. The number of nitrogens with zero attached hydrogens (tertiary/aromatic N) is 1. The van der Waals surface area contributed by atoms with Gasteiger partial charge in [-0.2, -0.15) is 13.2 Å². The van der Waals surface area contributed by atoms with Crippen LogP contribution in [0.1, 0.15) is 61.9 Å². The summed E-state index contributed by atoms with van der Waals surface area (Å²) in [6, 6.07) is 4.33. The summed E-state index contributed by atoms with van der Waals surface area (Å²) in [4.78, 5) is 16.7. The molecule has 0 atom stereocenters. The summed E-state index contributed by atoms with van der Waals surface area (Å²) in [5.74, 6) is -2.18. The Morgan fingerprint density at radius 2 is 1.72 bits per heavy atom. The van der Waals surface area contributed by atoms with E-state index in [9.17, 15) is 18.0 Å². The minimum atomic E-state index is -4.58. The number of pyridine rings is 1. The van der Waals surface area contributed by atoms with E-state index in [0.29, 0.717) is 11.3 Å². The highest BCUT2D eigenvalue weighted by Gasteiger charge is 2.32. The summed E-state index contributed by atoms with van der Waals surface area (Å²) < 4.78 is 58.3. The first kappa shape index (κ1) is 26.7. The number of carbonyl (C=O) groups excluding carboxylic acids is 1. The number of hydrogen-bond donors (Lipinski definition) is 0. The van der Waals surface area contributed by atoms with Crippen LogP contribution in [0.3, 0.4) is 0 Å². The van der Waals surface area contributed by atoms with Crippen molar-refractivity contribution in [1.82, 2.24) is 4.98 Å². The topological polar surface area (TPSA) is 39.2 Å². The van der Waals surface area contributed by atoms with Gasteiger partial charge in [0.25, 0.3) is 0 Å². The van der Waals surface area contributed by atoms with Crippen LogP contribution in [0.25, 0.3) is 11.3 Å². The molecule has 1 heterocycles. The van der Waals surface area contributed by atoms with Crippen LogP contribution in [0.5, 0.6) is 0 Å². The molecule has 0 saturated heterocycles. The second-order valence-corrected chi connectivity index (χ2v) is 10.4. The van der Waals surface area contributed by atoms with Crippen molar-refractivity contribution in [1.29, 1.82) is 0 Å². The van der Waals surface area contributed by atoms with E-state index in [1.54, 1.807) is 27.7 Å². The van der Waals surface area contributed by atoms with Gasteiger partial charge < -0.3 is 4.74 Å². The van der Waals surface area contributed by atoms with Crippen LogP contribution in [-0.4, -0.2) is 21.4 Å². The predicted octanol–water partition coefficient (Wildman–Crippen LogP) is 7.61. The van der Waals surface area contributed by atoms with Crippen molar-refractivity contribution in [2.45, 2.75) is 55.9 Å². The number of halogens is 7. The lowest BCUT2D eigenvalue weighted by Crippen LogP contribution is -2.21. The van der Waals surface area contributed by atoms with Crippen LogP contribution in [0.2, 0.25) is 0 Å². The first-order valence-electron chi connectivity index (χ1n) is 9.74. The molecule has 0 aliphatic carbocycles. The second-order valence-electron chi connectivity index (χ2n) is 7.89. The molecule has 10 heteroatoms. The Labute approximate surface area is 199 Å². The maximum absolute atomic E-state index is 15.6. The number of hydrogen-bond acceptors (Lipinski definition) is 3. The molecule has 0 saturated carbocycles. The van der Waals surface area contributed by atoms with E-state index in [2.05, 4.69) is 4.98 Å². The summed E-state index contributed by atoms with van der Waals surface area (Å²) in [6.07, 6.45) is -4.91. The van der Waals surface area contributed by atoms with Gasteiger partial charge in [-0.1, -0.05) is 74.6 Å². The highest BCUT2D eigenvalue weighted by Crippen LogP contribution is 2.37. The standard InChI is InChI=1S/C22H22Cl3F4NO2/c1-11(2)17-15(9-16(31)32-10-21(23,24)25)19(12(3)4)30-20(18(17)26)13-6-5-7-14(8-13)22(27,28)29/h5-8,11-12H,9-10H2,1-4H3. The summed E-state index contributed by atoms with van der Waals surface area (Å²) in [7, 11) is 0. The highest BCUT2D eigenvalue weighted by molar-refractivity contribution is 6.67. The third-order valence-corrected chi connectivity index (χ3v) is 4.94. The van der Waals surface area contributed by atoms with Crippen LogP contribution >= 0.6 is 34.8 Å². The molecule has 0 fully saturated rings. The Morgan fingerprint density at radius 3 is 2.22 bits per heavy atom. The number of aromatic nitrogens is 1. The van der Waals surface area contributed by atoms with Gasteiger partial charge in [0.2, 0.25) is 3.79 Å². The molecule has 0 aliphatic rings. The molecule has 2 aromatic rings. The average molecular weight is 515 g/mol. The lowest BCUT2D eigenvalue weighted by Gasteiger charge is -2.22. The van der Waals surface area contributed by atoms with Crippen molar-refractivity contribution in [2.24, 2.45) is 0 Å². The molecule has 0 unspecified atom stereocenters. The van der Waals surface area contributed by atoms with E-state index >= 15 is 4.39 Å². The predicted molar refractivity (Wildman–Crippen MR) is 118 cm³/mol. The van der Waals surface area contributed by atoms with Crippen LogP contribution in [0.4, 0.5) is 17.6 Å². The van der Waals surface area contributed by atoms with Crippen LogP contribution in [-0.2, 0) is 22.1 Å². The molecular weight excluding hydrogens is 493 g/mol. The maximum Gasteiger partial charge on any atom is 0.416 e. The lowest BCUT2D eigenvalue weighted by atomic mass is 9.88. The lowest BCUT2D eigenvalue weighted by molar-refractivity contribution is -0.142. The molecule has 2 rings (SSSR count). The Balaban J connectivity index is 2.63. The first-order chi connectivity index (χ1) is 14.6. The van der Waals surface area contributed by atoms with Gasteiger partial charge in [0, 0.05) is 11.3 Å². The van der Waals surface area contributed by atoms with Gasteiger partial charge in [-0.3, -0.25) is 4.79 Å². The smallest absolute Gasteiger partial charge is 0.416 e. The van der Waals surface area contributed by atoms with Crippen molar-refractivity contribution in [3.63, 3.8) is 0 Å². The molecule has 176 valence electrons. The molecule has 0 amide bonds. The monoisotopic (exact) mass is 513 g/mol. The van der Waals surface area contributed by atoms with Gasteiger partial charge in [0.05, 0.1) is 12.0 Å². The largest absolute Gasteiger partial charge is 0.461 e. The normalized spacial score (nSPS) is 12.5. The van der Waals surface area contributed by atoms with Crippen molar-refractivity contribution in [3.05, 3.63) is 52.5 Å². The number of rotatable bonds is 6. The quantitative estimate of drug-likeness (QED) is 0.226. The molecular formula is C22H22Cl3F4NO2. The minimum absolute atomic E-state index is 0.00791. The fourth-order valence-corrected chi connectivity index (χ4v) is 3.46. The second kappa shape index (κ2) is 10.1. The third kappa shape index (κ3) is 6.72. The van der Waals surface area contributed by atoms with Crippen LogP contribution in [0, 0.1) is 5.82 Å². The Bertz CT molecular complexity index is 986. The highest BCUT2D eigenvalue weighted by atomic mass is 35.6. The Kier molecular flexibility index (Phi) is 8.46. The summed E-state index contributed by atoms with van der Waals surface area (Å²) in [6.45, 7) is 6.53. The molecule has 0 N–H and O–H groups in total. The molecule has 3 nitrogen and oxygen atoms in total. The van der Waals surface area contributed by atoms with Gasteiger partial charge in [0.1, 0.15) is 12.3 Å². The number of benzene rings is 1. The van der Waals surface area contributed by atoms with Crippen molar-refractivity contribution < 1.29 is 27.1 Å². The zero-order chi connectivity index (χ0) is 24.4. The number of carbonyl (C=O) groups is 1. The fraction of sp³-hybridized carbons (Fsp3) is 0.455. The molecule has 0 aliphatic heterocycles. The minimum Gasteiger partial charge on any atom is -0.461 e. The van der Waals surface area contributed by atoms with Gasteiger partial charge >= 0.3 is 12.1 Å². The number of esters is 1. The van der Waals surface area contributed by atoms with Crippen LogP contribution < -0.4 is 0 Å². The Hall–Kier alpha value is -1.57. The molecule has 1 aromatic heterocycles. The van der Waals surface area contributed by atoms with E-state index in [0.717, 1.165) is 12.1 Å². The maximum atomic E-state index is 15.6. The van der Waals surface area contributed by atoms with Gasteiger partial charge in [-0.05, 0) is 35.1 Å². The zero-order valence-corrected chi connectivity index (χ0v) is 20.1. The van der Waals surface area contributed by atoms with E-state index in [4.69, 9.17) is 39.5 Å². The summed E-state index contributed by atoms with van der Waals surface area (Å²) in [5.41, 5.74) is -0.242. The summed E-state index contributed by atoms with van der Waals surface area (Å²) in [5, 5.41) is 0. The van der Waals surface area contributed by atoms with Crippen molar-refractivity contribution in [2.75, 3.05) is 6.61 Å². The molecule has 0 spiro atoms. The fourth-order valence-electron chi connectivity index (χ4n) is 3.29. The van der Waals surface area contributed by atoms with Crippen LogP contribution in [0.15, 0.2) is 24.3 Å². The van der Waals surface area contributed by atoms with Crippen molar-refractivity contribution >= 4 is 40.8 Å². The van der Waals surface area contributed by atoms with E-state index in [1.807, 2.05) is 0 Å².